The molecule has 0 spiro atoms. The van der Waals surface area contributed by atoms with Crippen LogP contribution in [0.15, 0.2) is 18.2 Å². The highest BCUT2D eigenvalue weighted by Gasteiger charge is 2.15. The zero-order valence-corrected chi connectivity index (χ0v) is 11.7. The molecular weight excluding hydrogens is 244 g/mol. The van der Waals surface area contributed by atoms with Crippen LogP contribution in [0, 0.1) is 6.92 Å². The van der Waals surface area contributed by atoms with Crippen molar-refractivity contribution in [3.63, 3.8) is 0 Å². The van der Waals surface area contributed by atoms with Gasteiger partial charge in [0.05, 0.1) is 25.2 Å². The number of hydrogen-bond acceptors (Lipinski definition) is 4. The molecule has 0 aliphatic carbocycles. The third-order valence-electron chi connectivity index (χ3n) is 2.56. The standard InChI is InChI=1S/C15H20O4/c1-4-8-19-14(16)10-12-7-6-11(3)9-13(12)15(17)18-5-2/h6-7,9H,4-5,8,10H2,1-3H3. The van der Waals surface area contributed by atoms with Crippen molar-refractivity contribution in [2.75, 3.05) is 13.2 Å². The molecule has 0 amide bonds. The summed E-state index contributed by atoms with van der Waals surface area (Å²) in [5.74, 6) is -0.722. The first kappa shape index (κ1) is 15.2. The fraction of sp³-hybridized carbons (Fsp3) is 0.467. The maximum absolute atomic E-state index is 11.8. The number of carbonyl (C=O) groups excluding carboxylic acids is 2. The molecule has 1 aromatic carbocycles. The second-order valence-corrected chi connectivity index (χ2v) is 4.28. The normalized spacial score (nSPS) is 10.1. The van der Waals surface area contributed by atoms with Gasteiger partial charge in [-0.1, -0.05) is 24.6 Å². The minimum Gasteiger partial charge on any atom is -0.465 e. The molecule has 0 saturated heterocycles. The van der Waals surface area contributed by atoms with E-state index >= 15 is 0 Å². The van der Waals surface area contributed by atoms with Crippen molar-refractivity contribution in [2.24, 2.45) is 0 Å². The van der Waals surface area contributed by atoms with E-state index in [0.29, 0.717) is 24.3 Å². The first-order valence-corrected chi connectivity index (χ1v) is 6.50. The maximum atomic E-state index is 11.8. The molecule has 4 heteroatoms. The molecule has 1 aromatic rings. The van der Waals surface area contributed by atoms with E-state index in [2.05, 4.69) is 0 Å². The van der Waals surface area contributed by atoms with Crippen LogP contribution in [0.5, 0.6) is 0 Å². The Balaban J connectivity index is 2.87. The summed E-state index contributed by atoms with van der Waals surface area (Å²) in [6.45, 7) is 6.29. The molecule has 19 heavy (non-hydrogen) atoms. The van der Waals surface area contributed by atoms with E-state index in [-0.39, 0.29) is 12.4 Å². The van der Waals surface area contributed by atoms with Gasteiger partial charge >= 0.3 is 11.9 Å². The lowest BCUT2D eigenvalue weighted by Crippen LogP contribution is -2.14. The van der Waals surface area contributed by atoms with Gasteiger partial charge in [-0.05, 0) is 31.9 Å². The lowest BCUT2D eigenvalue weighted by Gasteiger charge is -2.09. The number of hydrogen-bond donors (Lipinski definition) is 0. The van der Waals surface area contributed by atoms with Crippen LogP contribution >= 0.6 is 0 Å². The minimum absolute atomic E-state index is 0.0917. The number of benzene rings is 1. The van der Waals surface area contributed by atoms with E-state index in [9.17, 15) is 9.59 Å². The Morgan fingerprint density at radius 1 is 1.16 bits per heavy atom. The van der Waals surface area contributed by atoms with Gasteiger partial charge in [0.2, 0.25) is 0 Å². The molecule has 0 aliphatic heterocycles. The predicted molar refractivity (Wildman–Crippen MR) is 72.1 cm³/mol. The average molecular weight is 264 g/mol. The molecule has 4 nitrogen and oxygen atoms in total. The van der Waals surface area contributed by atoms with E-state index in [1.165, 1.54) is 0 Å². The minimum atomic E-state index is -0.399. The number of rotatable bonds is 6. The molecule has 0 radical (unpaired) electrons. The van der Waals surface area contributed by atoms with E-state index in [1.54, 1.807) is 19.1 Å². The smallest absolute Gasteiger partial charge is 0.338 e. The van der Waals surface area contributed by atoms with Gasteiger partial charge in [-0.15, -0.1) is 0 Å². The number of carbonyl (C=O) groups is 2. The molecule has 0 saturated carbocycles. The summed E-state index contributed by atoms with van der Waals surface area (Å²) < 4.78 is 10.0. The first-order valence-electron chi connectivity index (χ1n) is 6.50. The van der Waals surface area contributed by atoms with E-state index in [4.69, 9.17) is 9.47 Å². The van der Waals surface area contributed by atoms with Gasteiger partial charge < -0.3 is 9.47 Å². The van der Waals surface area contributed by atoms with Gasteiger partial charge in [0.25, 0.3) is 0 Å². The molecular formula is C15H20O4. The van der Waals surface area contributed by atoms with Crippen molar-refractivity contribution >= 4 is 11.9 Å². The Kier molecular flexibility index (Phi) is 6.06. The van der Waals surface area contributed by atoms with Crippen LogP contribution in [-0.4, -0.2) is 25.2 Å². The van der Waals surface area contributed by atoms with E-state index in [0.717, 1.165) is 12.0 Å². The Morgan fingerprint density at radius 2 is 1.89 bits per heavy atom. The number of aryl methyl sites for hydroxylation is 1. The summed E-state index contributed by atoms with van der Waals surface area (Å²) >= 11 is 0. The van der Waals surface area contributed by atoms with Crippen molar-refractivity contribution in [2.45, 2.75) is 33.6 Å². The van der Waals surface area contributed by atoms with Gasteiger partial charge in [0, 0.05) is 0 Å². The quantitative estimate of drug-likeness (QED) is 0.741. The van der Waals surface area contributed by atoms with Gasteiger partial charge in [0.15, 0.2) is 0 Å². The largest absolute Gasteiger partial charge is 0.465 e. The second-order valence-electron chi connectivity index (χ2n) is 4.28. The third kappa shape index (κ3) is 4.73. The predicted octanol–water partition coefficient (Wildman–Crippen LogP) is 2.67. The molecule has 0 fully saturated rings. The van der Waals surface area contributed by atoms with Gasteiger partial charge in [-0.2, -0.15) is 0 Å². The summed E-state index contributed by atoms with van der Waals surface area (Å²) in [5.41, 5.74) is 2.04. The molecule has 0 bridgehead atoms. The lowest BCUT2D eigenvalue weighted by atomic mass is 10.0. The van der Waals surface area contributed by atoms with Crippen molar-refractivity contribution in [3.05, 3.63) is 34.9 Å². The fourth-order valence-electron chi connectivity index (χ4n) is 1.67. The van der Waals surface area contributed by atoms with Gasteiger partial charge in [-0.3, -0.25) is 4.79 Å². The Labute approximate surface area is 113 Å². The highest BCUT2D eigenvalue weighted by Crippen LogP contribution is 2.14. The first-order chi connectivity index (χ1) is 9.08. The summed E-state index contributed by atoms with van der Waals surface area (Å²) in [6, 6.07) is 5.38. The summed E-state index contributed by atoms with van der Waals surface area (Å²) in [6.07, 6.45) is 0.874. The summed E-state index contributed by atoms with van der Waals surface area (Å²) in [5, 5.41) is 0. The molecule has 0 aliphatic rings. The fourth-order valence-corrected chi connectivity index (χ4v) is 1.67. The monoisotopic (exact) mass is 264 g/mol. The zero-order valence-electron chi connectivity index (χ0n) is 11.7. The Hall–Kier alpha value is -1.84. The SMILES string of the molecule is CCCOC(=O)Cc1ccc(C)cc1C(=O)OCC. The van der Waals surface area contributed by atoms with Crippen LogP contribution in [-0.2, 0) is 20.7 Å². The van der Waals surface area contributed by atoms with Crippen LogP contribution in [0.3, 0.4) is 0 Å². The van der Waals surface area contributed by atoms with E-state index in [1.807, 2.05) is 19.9 Å². The zero-order chi connectivity index (χ0) is 14.3. The summed E-state index contributed by atoms with van der Waals surface area (Å²) in [7, 11) is 0. The van der Waals surface area contributed by atoms with Crippen molar-refractivity contribution in [1.29, 1.82) is 0 Å². The second kappa shape index (κ2) is 7.56. The van der Waals surface area contributed by atoms with Crippen molar-refractivity contribution < 1.29 is 19.1 Å². The van der Waals surface area contributed by atoms with Crippen LogP contribution in [0.1, 0.15) is 41.8 Å². The van der Waals surface area contributed by atoms with Crippen LogP contribution in [0.4, 0.5) is 0 Å². The lowest BCUT2D eigenvalue weighted by molar-refractivity contribution is -0.142. The molecule has 0 unspecified atom stereocenters. The molecule has 0 heterocycles. The average Bonchev–Trinajstić information content (AvgIpc) is 2.38. The number of ether oxygens (including phenoxy) is 2. The van der Waals surface area contributed by atoms with Crippen molar-refractivity contribution in [3.8, 4) is 0 Å². The molecule has 0 aromatic heterocycles. The van der Waals surface area contributed by atoms with Gasteiger partial charge in [0.1, 0.15) is 0 Å². The van der Waals surface area contributed by atoms with E-state index < -0.39 is 5.97 Å². The highest BCUT2D eigenvalue weighted by atomic mass is 16.5. The molecule has 1 rings (SSSR count). The van der Waals surface area contributed by atoms with Crippen LogP contribution < -0.4 is 0 Å². The highest BCUT2D eigenvalue weighted by molar-refractivity contribution is 5.92. The third-order valence-corrected chi connectivity index (χ3v) is 2.56. The number of esters is 2. The molecule has 0 N–H and O–H groups in total. The molecule has 0 atom stereocenters. The van der Waals surface area contributed by atoms with Crippen LogP contribution in [0.25, 0.3) is 0 Å². The topological polar surface area (TPSA) is 52.6 Å². The van der Waals surface area contributed by atoms with Gasteiger partial charge in [-0.25, -0.2) is 4.79 Å². The summed E-state index contributed by atoms with van der Waals surface area (Å²) in [4.78, 5) is 23.5. The molecule has 104 valence electrons. The van der Waals surface area contributed by atoms with Crippen molar-refractivity contribution in [1.82, 2.24) is 0 Å². The maximum Gasteiger partial charge on any atom is 0.338 e. The van der Waals surface area contributed by atoms with Crippen LogP contribution in [0.2, 0.25) is 0 Å². The Morgan fingerprint density at radius 3 is 2.53 bits per heavy atom. The Bertz CT molecular complexity index is 451.